The summed E-state index contributed by atoms with van der Waals surface area (Å²) in [5, 5.41) is 0.778. The number of unbranched alkanes of at least 4 members (excludes halogenated alkanes) is 3. The lowest BCUT2D eigenvalue weighted by atomic mass is 9.96. The van der Waals surface area contributed by atoms with E-state index < -0.39 is 29.2 Å². The van der Waals surface area contributed by atoms with E-state index in [9.17, 15) is 22.0 Å². The van der Waals surface area contributed by atoms with Crippen molar-refractivity contribution in [1.82, 2.24) is 0 Å². The topological polar surface area (TPSA) is 9.23 Å². The smallest absolute Gasteiger partial charge is 0.416 e. The van der Waals surface area contributed by atoms with Gasteiger partial charge in [0.1, 0.15) is 23.2 Å². The molecule has 0 unspecified atom stereocenters. The Labute approximate surface area is 218 Å². The van der Waals surface area contributed by atoms with Crippen molar-refractivity contribution in [3.63, 3.8) is 0 Å². The van der Waals surface area contributed by atoms with E-state index in [2.05, 4.69) is 6.92 Å². The van der Waals surface area contributed by atoms with Crippen molar-refractivity contribution >= 4 is 10.8 Å². The van der Waals surface area contributed by atoms with Crippen LogP contribution in [0.1, 0.15) is 49.3 Å². The Morgan fingerprint density at radius 3 is 2.11 bits per heavy atom. The fourth-order valence-corrected chi connectivity index (χ4v) is 4.45. The molecular formula is C31H28F6O. The number of rotatable bonds is 10. The second kappa shape index (κ2) is 11.9. The molecule has 0 saturated heterocycles. The summed E-state index contributed by atoms with van der Waals surface area (Å²) < 4.78 is 88.7. The van der Waals surface area contributed by atoms with Gasteiger partial charge in [-0.05, 0) is 59.5 Å². The van der Waals surface area contributed by atoms with Crippen LogP contribution in [0.5, 0.6) is 5.75 Å². The summed E-state index contributed by atoms with van der Waals surface area (Å²) in [6.07, 6.45) is 0.203. The molecule has 4 aromatic carbocycles. The Bertz CT molecular complexity index is 1370. The van der Waals surface area contributed by atoms with Crippen molar-refractivity contribution in [3.05, 3.63) is 101 Å². The fourth-order valence-electron chi connectivity index (χ4n) is 4.45. The standard InChI is InChI=1S/C31H28F6O/c1-2-3-4-5-16-38-25-18-27(32)29(28(33)19-25)23-12-15-26-22(17-23)11-10-21(30(26)34)9-6-20-7-13-24(14-8-20)31(35,36)37/h7-8,10-15,17-19H,2-6,9,16H2,1H3. The number of ether oxygens (including phenoxy) is 1. The van der Waals surface area contributed by atoms with Gasteiger partial charge in [-0.2, -0.15) is 13.2 Å². The van der Waals surface area contributed by atoms with Crippen LogP contribution in [0, 0.1) is 17.5 Å². The van der Waals surface area contributed by atoms with Gasteiger partial charge in [0.15, 0.2) is 0 Å². The van der Waals surface area contributed by atoms with Gasteiger partial charge in [-0.3, -0.25) is 0 Å². The molecule has 7 heteroatoms. The summed E-state index contributed by atoms with van der Waals surface area (Å²) in [6.45, 7) is 2.48. The van der Waals surface area contributed by atoms with Gasteiger partial charge in [0.2, 0.25) is 0 Å². The lowest BCUT2D eigenvalue weighted by Gasteiger charge is -2.12. The quantitative estimate of drug-likeness (QED) is 0.147. The summed E-state index contributed by atoms with van der Waals surface area (Å²) in [4.78, 5) is 0. The second-order valence-corrected chi connectivity index (χ2v) is 9.34. The minimum absolute atomic E-state index is 0.129. The van der Waals surface area contributed by atoms with Crippen molar-refractivity contribution in [2.24, 2.45) is 0 Å². The minimum atomic E-state index is -4.41. The molecule has 0 heterocycles. The number of aryl methyl sites for hydroxylation is 2. The maximum Gasteiger partial charge on any atom is 0.416 e. The van der Waals surface area contributed by atoms with Crippen LogP contribution < -0.4 is 4.74 Å². The molecule has 38 heavy (non-hydrogen) atoms. The van der Waals surface area contributed by atoms with E-state index >= 15 is 4.39 Å². The van der Waals surface area contributed by atoms with Crippen LogP contribution in [0.25, 0.3) is 21.9 Å². The molecule has 0 N–H and O–H groups in total. The van der Waals surface area contributed by atoms with E-state index in [1.54, 1.807) is 12.1 Å². The van der Waals surface area contributed by atoms with Crippen molar-refractivity contribution in [2.45, 2.75) is 51.6 Å². The number of fused-ring (bicyclic) bond motifs is 1. The molecule has 0 aliphatic rings. The molecule has 0 aliphatic heterocycles. The third kappa shape index (κ3) is 6.50. The maximum absolute atomic E-state index is 15.2. The molecule has 0 saturated carbocycles. The summed E-state index contributed by atoms with van der Waals surface area (Å²) in [7, 11) is 0. The molecule has 0 atom stereocenters. The van der Waals surface area contributed by atoms with E-state index in [1.165, 1.54) is 30.3 Å². The number of hydrogen-bond donors (Lipinski definition) is 0. The summed E-state index contributed by atoms with van der Waals surface area (Å²) in [5.41, 5.74) is 0.400. The maximum atomic E-state index is 15.2. The minimum Gasteiger partial charge on any atom is -0.493 e. The first kappa shape index (κ1) is 27.6. The summed E-state index contributed by atoms with van der Waals surface area (Å²) >= 11 is 0. The fraction of sp³-hybridized carbons (Fsp3) is 0.290. The van der Waals surface area contributed by atoms with Crippen molar-refractivity contribution in [1.29, 1.82) is 0 Å². The first-order chi connectivity index (χ1) is 18.2. The zero-order valence-electron chi connectivity index (χ0n) is 21.0. The third-order valence-corrected chi connectivity index (χ3v) is 6.57. The molecule has 0 amide bonds. The third-order valence-electron chi connectivity index (χ3n) is 6.57. The largest absolute Gasteiger partial charge is 0.493 e. The molecular weight excluding hydrogens is 502 g/mol. The van der Waals surface area contributed by atoms with E-state index in [1.807, 2.05) is 0 Å². The molecule has 0 bridgehead atoms. The van der Waals surface area contributed by atoms with Gasteiger partial charge in [0.05, 0.1) is 17.7 Å². The van der Waals surface area contributed by atoms with Gasteiger partial charge in [-0.1, -0.05) is 62.6 Å². The predicted molar refractivity (Wildman–Crippen MR) is 138 cm³/mol. The van der Waals surface area contributed by atoms with Crippen molar-refractivity contribution in [3.8, 4) is 16.9 Å². The molecule has 0 spiro atoms. The van der Waals surface area contributed by atoms with Gasteiger partial charge in [-0.15, -0.1) is 0 Å². The van der Waals surface area contributed by atoms with Crippen LogP contribution in [0.15, 0.2) is 66.7 Å². The number of hydrogen-bond acceptors (Lipinski definition) is 1. The average molecular weight is 531 g/mol. The highest BCUT2D eigenvalue weighted by atomic mass is 19.4. The molecule has 4 rings (SSSR count). The summed E-state index contributed by atoms with van der Waals surface area (Å²) in [6, 6.07) is 14.9. The Balaban J connectivity index is 1.49. The SMILES string of the molecule is CCCCCCOc1cc(F)c(-c2ccc3c(F)c(CCc4ccc(C(F)(F)F)cc4)ccc3c2)c(F)c1. The van der Waals surface area contributed by atoms with E-state index in [0.29, 0.717) is 34.9 Å². The highest BCUT2D eigenvalue weighted by molar-refractivity contribution is 5.88. The van der Waals surface area contributed by atoms with Gasteiger partial charge >= 0.3 is 6.18 Å². The Hall–Kier alpha value is -3.48. The van der Waals surface area contributed by atoms with Gasteiger partial charge in [0.25, 0.3) is 0 Å². The van der Waals surface area contributed by atoms with Gasteiger partial charge in [-0.25, -0.2) is 13.2 Å². The lowest BCUT2D eigenvalue weighted by molar-refractivity contribution is -0.137. The van der Waals surface area contributed by atoms with Crippen LogP contribution in [0.4, 0.5) is 26.3 Å². The van der Waals surface area contributed by atoms with Gasteiger partial charge < -0.3 is 4.74 Å². The Morgan fingerprint density at radius 2 is 1.45 bits per heavy atom. The van der Waals surface area contributed by atoms with Crippen molar-refractivity contribution in [2.75, 3.05) is 6.61 Å². The zero-order chi connectivity index (χ0) is 27.3. The normalized spacial score (nSPS) is 11.8. The van der Waals surface area contributed by atoms with E-state index in [4.69, 9.17) is 4.74 Å². The van der Waals surface area contributed by atoms with E-state index in [-0.39, 0.29) is 23.3 Å². The highest BCUT2D eigenvalue weighted by Gasteiger charge is 2.29. The molecule has 4 aromatic rings. The zero-order valence-corrected chi connectivity index (χ0v) is 21.0. The van der Waals surface area contributed by atoms with Crippen LogP contribution >= 0.6 is 0 Å². The average Bonchev–Trinajstić information content (AvgIpc) is 2.87. The summed E-state index contributed by atoms with van der Waals surface area (Å²) in [5.74, 6) is -1.86. The van der Waals surface area contributed by atoms with Gasteiger partial charge in [0, 0.05) is 17.5 Å². The first-order valence-corrected chi connectivity index (χ1v) is 12.7. The first-order valence-electron chi connectivity index (χ1n) is 12.7. The van der Waals surface area contributed by atoms with Crippen LogP contribution in [0.3, 0.4) is 0 Å². The number of benzene rings is 4. The lowest BCUT2D eigenvalue weighted by Crippen LogP contribution is -2.04. The monoisotopic (exact) mass is 530 g/mol. The van der Waals surface area contributed by atoms with Crippen LogP contribution in [0.2, 0.25) is 0 Å². The van der Waals surface area contributed by atoms with E-state index in [0.717, 1.165) is 49.9 Å². The Kier molecular flexibility index (Phi) is 8.65. The number of alkyl halides is 3. The molecule has 200 valence electrons. The molecule has 0 radical (unpaired) electrons. The van der Waals surface area contributed by atoms with Crippen LogP contribution in [-0.2, 0) is 19.0 Å². The highest BCUT2D eigenvalue weighted by Crippen LogP contribution is 2.33. The van der Waals surface area contributed by atoms with Crippen molar-refractivity contribution < 1.29 is 31.1 Å². The predicted octanol–water partition coefficient (Wildman–Crippen LogP) is 9.69. The Morgan fingerprint density at radius 1 is 0.737 bits per heavy atom. The molecule has 0 aromatic heterocycles. The number of halogens is 6. The van der Waals surface area contributed by atoms with Crippen LogP contribution in [-0.4, -0.2) is 6.61 Å². The molecule has 0 fully saturated rings. The second-order valence-electron chi connectivity index (χ2n) is 9.34. The molecule has 0 aliphatic carbocycles. The molecule has 1 nitrogen and oxygen atoms in total.